The average Bonchev–Trinajstić information content (AvgIpc) is 3.19. The number of aryl methyl sites for hydroxylation is 4. The van der Waals surface area contributed by atoms with Gasteiger partial charge in [0.1, 0.15) is 0 Å². The van der Waals surface area contributed by atoms with Crippen molar-refractivity contribution < 1.29 is 4.79 Å². The molecule has 0 heterocycles. The Morgan fingerprint density at radius 1 is 0.455 bits per heavy atom. The molecule has 0 unspecified atom stereocenters. The summed E-state index contributed by atoms with van der Waals surface area (Å²) in [7, 11) is 0. The Balaban J connectivity index is 2.57. The summed E-state index contributed by atoms with van der Waals surface area (Å²) >= 11 is 0. The van der Waals surface area contributed by atoms with E-state index < -0.39 is 0 Å². The molecule has 0 amide bonds. The van der Waals surface area contributed by atoms with E-state index in [1.807, 2.05) is 6.08 Å². The van der Waals surface area contributed by atoms with Crippen molar-refractivity contribution in [2.45, 2.75) is 227 Å². The molecule has 0 aliphatic heterocycles. The topological polar surface area (TPSA) is 36.4 Å². The Morgan fingerprint density at radius 3 is 1.16 bits per heavy atom. The number of nitrogens with zero attached hydrogens (tertiary/aromatic N) is 2. The maximum atomic E-state index is 9.66. The lowest BCUT2D eigenvalue weighted by Gasteiger charge is -2.18. The normalized spacial score (nSPS) is 11.9. The molecule has 55 heavy (non-hydrogen) atoms. The van der Waals surface area contributed by atoms with Crippen molar-refractivity contribution in [3.8, 4) is 0 Å². The van der Waals surface area contributed by atoms with Crippen molar-refractivity contribution in [3.05, 3.63) is 99.1 Å². The first kappa shape index (κ1) is 48.2. The van der Waals surface area contributed by atoms with Gasteiger partial charge in [-0.3, -0.25) is 0 Å². The van der Waals surface area contributed by atoms with Crippen molar-refractivity contribution in [1.29, 1.82) is 0 Å². The molecule has 0 saturated heterocycles. The van der Waals surface area contributed by atoms with E-state index in [-0.39, 0.29) is 0 Å². The molecule has 2 rings (SSSR count). The molecule has 306 valence electrons. The fourth-order valence-corrected chi connectivity index (χ4v) is 8.00. The molecule has 0 atom stereocenters. The van der Waals surface area contributed by atoms with Gasteiger partial charge >= 0.3 is 0 Å². The minimum Gasteiger partial charge on any atom is -0.348 e. The van der Waals surface area contributed by atoms with Gasteiger partial charge in [-0.05, 0) is 109 Å². The molecule has 0 saturated carbocycles. The summed E-state index contributed by atoms with van der Waals surface area (Å²) in [4.78, 5) is 3.37. The summed E-state index contributed by atoms with van der Waals surface area (Å²) in [6.07, 6.45) is 44.8. The number of hydrogen-bond acceptors (Lipinski definition) is 0. The van der Waals surface area contributed by atoms with Crippen LogP contribution >= 0.6 is 0 Å². The molecular formula is C53H84N2. The van der Waals surface area contributed by atoms with Crippen LogP contribution in [0.15, 0.2) is 60.2 Å². The summed E-state index contributed by atoms with van der Waals surface area (Å²) in [5, 5.41) is 0. The predicted molar refractivity (Wildman–Crippen MR) is 244 cm³/mol. The highest BCUT2D eigenvalue weighted by atomic mass is 14.8. The van der Waals surface area contributed by atoms with Crippen molar-refractivity contribution in [2.75, 3.05) is 0 Å². The van der Waals surface area contributed by atoms with Gasteiger partial charge in [-0.15, -0.1) is 4.79 Å². The van der Waals surface area contributed by atoms with Gasteiger partial charge in [0.25, 0.3) is 5.87 Å². The lowest BCUT2D eigenvalue weighted by atomic mass is 9.86. The summed E-state index contributed by atoms with van der Waals surface area (Å²) in [5.41, 5.74) is 20.4. The maximum absolute atomic E-state index is 9.66. The zero-order valence-corrected chi connectivity index (χ0v) is 36.8. The SMILES string of the molecule is CCCCCCCCCCCCCC=CC(C=C=[N+]=[N-])=C(c1cc(CCCCC)cc(CCCCC)c1)c1cc(CCCCCC)cc(CCCCCC)c1. The maximum Gasteiger partial charge on any atom is 0.300 e. The van der Waals surface area contributed by atoms with Gasteiger partial charge in [0, 0.05) is 0 Å². The summed E-state index contributed by atoms with van der Waals surface area (Å²) < 4.78 is 0. The number of hydrogen-bond donors (Lipinski definition) is 0. The molecule has 2 aromatic rings. The number of rotatable bonds is 34. The fourth-order valence-electron chi connectivity index (χ4n) is 8.00. The second kappa shape index (κ2) is 33.2. The van der Waals surface area contributed by atoms with E-state index in [2.05, 4.69) is 93.8 Å². The second-order valence-corrected chi connectivity index (χ2v) is 16.5. The standard InChI is InChI=1S/C53H84N2/c1-6-11-16-19-20-21-22-23-24-25-26-27-32-37-50(38-39-55-54)53(51-42-46(33-28-14-9-4)40-47(43-51)34-29-15-10-5)52-44-48(35-30-17-12-7-2)41-49(45-52)36-31-18-13-8-3/h32,37-38,40-45H,6-31,33-36H2,1-5H3. The van der Waals surface area contributed by atoms with E-state index >= 15 is 0 Å². The molecule has 0 aliphatic rings. The molecule has 0 spiro atoms. The van der Waals surface area contributed by atoms with Crippen LogP contribution in [0.5, 0.6) is 0 Å². The third-order valence-corrected chi connectivity index (χ3v) is 11.3. The van der Waals surface area contributed by atoms with Crippen LogP contribution in [-0.2, 0) is 25.7 Å². The molecule has 2 nitrogen and oxygen atoms in total. The molecule has 0 aromatic heterocycles. The van der Waals surface area contributed by atoms with Gasteiger partial charge in [-0.25, -0.2) is 0 Å². The Kier molecular flexibility index (Phi) is 29.1. The monoisotopic (exact) mass is 749 g/mol. The lowest BCUT2D eigenvalue weighted by Crippen LogP contribution is -2.01. The van der Waals surface area contributed by atoms with Crippen LogP contribution in [0.1, 0.15) is 235 Å². The fraction of sp³-hybridized carbons (Fsp3) is 0.660. The highest BCUT2D eigenvalue weighted by molar-refractivity contribution is 5.87. The van der Waals surface area contributed by atoms with E-state index in [9.17, 15) is 5.53 Å². The third-order valence-electron chi connectivity index (χ3n) is 11.3. The quantitative estimate of drug-likeness (QED) is 0.0225. The van der Waals surface area contributed by atoms with E-state index in [0.29, 0.717) is 0 Å². The average molecular weight is 749 g/mol. The van der Waals surface area contributed by atoms with Crippen LogP contribution in [-0.4, -0.2) is 10.7 Å². The largest absolute Gasteiger partial charge is 0.348 e. The first-order valence-electron chi connectivity index (χ1n) is 23.7. The summed E-state index contributed by atoms with van der Waals surface area (Å²) in [6, 6.07) is 14.9. The molecule has 0 aliphatic carbocycles. The third kappa shape index (κ3) is 22.4. The van der Waals surface area contributed by atoms with Gasteiger partial charge in [0.15, 0.2) is 0 Å². The number of allylic oxidation sites excluding steroid dienone is 4. The highest BCUT2D eigenvalue weighted by Gasteiger charge is 2.15. The zero-order valence-electron chi connectivity index (χ0n) is 36.8. The van der Waals surface area contributed by atoms with Crippen molar-refractivity contribution in [2.24, 2.45) is 0 Å². The smallest absolute Gasteiger partial charge is 0.300 e. The van der Waals surface area contributed by atoms with Crippen LogP contribution in [0, 0.1) is 0 Å². The van der Waals surface area contributed by atoms with Gasteiger partial charge in [0.2, 0.25) is 0 Å². The number of unbranched alkanes of at least 4 members (excludes halogenated alkanes) is 21. The van der Waals surface area contributed by atoms with E-state index in [1.54, 1.807) is 0 Å². The van der Waals surface area contributed by atoms with E-state index in [4.69, 9.17) is 0 Å². The second-order valence-electron chi connectivity index (χ2n) is 16.5. The van der Waals surface area contributed by atoms with E-state index in [0.717, 1.165) is 37.7 Å². The highest BCUT2D eigenvalue weighted by Crippen LogP contribution is 2.33. The molecule has 2 aromatic carbocycles. The van der Waals surface area contributed by atoms with Gasteiger partial charge < -0.3 is 5.53 Å². The van der Waals surface area contributed by atoms with Gasteiger partial charge in [-0.2, -0.15) is 0 Å². The summed E-state index contributed by atoms with van der Waals surface area (Å²) in [5.74, 6) is 2.85. The Bertz CT molecular complexity index is 1360. The van der Waals surface area contributed by atoms with Crippen LogP contribution < -0.4 is 0 Å². The Morgan fingerprint density at radius 2 is 0.782 bits per heavy atom. The van der Waals surface area contributed by atoms with E-state index in [1.165, 1.54) is 199 Å². The minimum absolute atomic E-state index is 1.07. The van der Waals surface area contributed by atoms with Gasteiger partial charge in [-0.1, -0.05) is 212 Å². The number of benzene rings is 2. The van der Waals surface area contributed by atoms with Crippen molar-refractivity contribution in [1.82, 2.24) is 0 Å². The van der Waals surface area contributed by atoms with Crippen molar-refractivity contribution in [3.63, 3.8) is 0 Å². The van der Waals surface area contributed by atoms with Crippen LogP contribution in [0.2, 0.25) is 0 Å². The minimum atomic E-state index is 1.07. The van der Waals surface area contributed by atoms with Crippen LogP contribution in [0.3, 0.4) is 0 Å². The molecule has 0 fully saturated rings. The first-order chi connectivity index (χ1) is 27.1. The zero-order chi connectivity index (χ0) is 39.6. The Hall–Kier alpha value is -2.92. The first-order valence-corrected chi connectivity index (χ1v) is 23.7. The molecule has 0 radical (unpaired) electrons. The predicted octanol–water partition coefficient (Wildman–Crippen LogP) is 16.9. The lowest BCUT2D eigenvalue weighted by molar-refractivity contribution is 0.00802. The van der Waals surface area contributed by atoms with Crippen LogP contribution in [0.4, 0.5) is 0 Å². The van der Waals surface area contributed by atoms with Crippen molar-refractivity contribution >= 4 is 11.4 Å². The molecular weight excluding hydrogens is 665 g/mol. The Labute approximate surface area is 341 Å². The molecule has 2 heteroatoms. The molecule has 0 N–H and O–H groups in total. The summed E-state index contributed by atoms with van der Waals surface area (Å²) in [6.45, 7) is 11.5. The van der Waals surface area contributed by atoms with Crippen LogP contribution in [0.25, 0.3) is 11.1 Å². The molecule has 0 bridgehead atoms. The van der Waals surface area contributed by atoms with Gasteiger partial charge in [0.05, 0.1) is 6.08 Å².